The van der Waals surface area contributed by atoms with Crippen molar-refractivity contribution < 1.29 is 14.3 Å². The lowest BCUT2D eigenvalue weighted by Crippen LogP contribution is -2.43. The van der Waals surface area contributed by atoms with E-state index in [1.807, 2.05) is 48.5 Å². The van der Waals surface area contributed by atoms with E-state index in [4.69, 9.17) is 9.47 Å². The van der Waals surface area contributed by atoms with Crippen LogP contribution in [0.25, 0.3) is 0 Å². The fourth-order valence-electron chi connectivity index (χ4n) is 2.45. The van der Waals surface area contributed by atoms with Crippen LogP contribution >= 0.6 is 0 Å². The van der Waals surface area contributed by atoms with Gasteiger partial charge in [0.15, 0.2) is 0 Å². The molecule has 0 atom stereocenters. The molecule has 0 spiro atoms. The van der Waals surface area contributed by atoms with Crippen LogP contribution in [0, 0.1) is 0 Å². The van der Waals surface area contributed by atoms with Crippen LogP contribution in [0.2, 0.25) is 0 Å². The van der Waals surface area contributed by atoms with Gasteiger partial charge >= 0.3 is 6.03 Å². The van der Waals surface area contributed by atoms with Gasteiger partial charge in [-0.05, 0) is 48.5 Å². The average Bonchev–Trinajstić information content (AvgIpc) is 2.65. The van der Waals surface area contributed by atoms with Crippen LogP contribution in [0.1, 0.15) is 0 Å². The number of carbonyl (C=O) groups is 1. The zero-order valence-electron chi connectivity index (χ0n) is 13.6. The van der Waals surface area contributed by atoms with Gasteiger partial charge in [0, 0.05) is 30.2 Å². The van der Waals surface area contributed by atoms with Crippen LogP contribution in [-0.2, 0) is 4.74 Å². The summed E-state index contributed by atoms with van der Waals surface area (Å²) in [6, 6.07) is 15.2. The maximum atomic E-state index is 12.1. The number of nitrogens with one attached hydrogen (secondary N) is 2. The Balaban J connectivity index is 1.57. The van der Waals surface area contributed by atoms with Gasteiger partial charge in [-0.3, -0.25) is 0 Å². The summed E-state index contributed by atoms with van der Waals surface area (Å²) >= 11 is 0. The van der Waals surface area contributed by atoms with Crippen molar-refractivity contribution in [3.05, 3.63) is 48.5 Å². The quantitative estimate of drug-likeness (QED) is 0.904. The van der Waals surface area contributed by atoms with E-state index in [0.29, 0.717) is 26.3 Å². The van der Waals surface area contributed by atoms with Gasteiger partial charge in [-0.25, -0.2) is 4.79 Å². The smallest absolute Gasteiger partial charge is 0.321 e. The standard InChI is InChI=1S/C18H21N3O3/c1-23-17-8-6-15(7-9-17)19-14-2-4-16(5-3-14)20-18(22)21-10-12-24-13-11-21/h2-9,19H,10-13H2,1H3,(H,20,22). The van der Waals surface area contributed by atoms with E-state index in [0.717, 1.165) is 22.8 Å². The third kappa shape index (κ3) is 4.17. The summed E-state index contributed by atoms with van der Waals surface area (Å²) in [7, 11) is 1.65. The van der Waals surface area contributed by atoms with Crippen LogP contribution in [-0.4, -0.2) is 44.3 Å². The molecule has 1 fully saturated rings. The molecule has 126 valence electrons. The van der Waals surface area contributed by atoms with Gasteiger partial charge < -0.3 is 25.0 Å². The largest absolute Gasteiger partial charge is 0.497 e. The van der Waals surface area contributed by atoms with Crippen LogP contribution in [0.4, 0.5) is 21.9 Å². The first kappa shape index (κ1) is 16.1. The molecule has 1 heterocycles. The normalized spacial score (nSPS) is 14.1. The van der Waals surface area contributed by atoms with Crippen LogP contribution in [0.15, 0.2) is 48.5 Å². The predicted octanol–water partition coefficient (Wildman–Crippen LogP) is 3.30. The summed E-state index contributed by atoms with van der Waals surface area (Å²) in [6.45, 7) is 2.45. The number of nitrogens with zero attached hydrogens (tertiary/aromatic N) is 1. The van der Waals surface area contributed by atoms with E-state index in [1.54, 1.807) is 12.0 Å². The zero-order valence-corrected chi connectivity index (χ0v) is 13.6. The number of carbonyl (C=O) groups excluding carboxylic acids is 1. The fourth-order valence-corrected chi connectivity index (χ4v) is 2.45. The van der Waals surface area contributed by atoms with Crippen LogP contribution in [0.5, 0.6) is 5.75 Å². The molecule has 0 saturated carbocycles. The Labute approximate surface area is 141 Å². The lowest BCUT2D eigenvalue weighted by Gasteiger charge is -2.26. The van der Waals surface area contributed by atoms with E-state index >= 15 is 0 Å². The second-order valence-electron chi connectivity index (χ2n) is 5.46. The van der Waals surface area contributed by atoms with E-state index in [1.165, 1.54) is 0 Å². The molecule has 0 aromatic heterocycles. The summed E-state index contributed by atoms with van der Waals surface area (Å²) in [6.07, 6.45) is 0. The molecule has 6 heteroatoms. The average molecular weight is 327 g/mol. The summed E-state index contributed by atoms with van der Waals surface area (Å²) in [5.41, 5.74) is 2.69. The first-order chi connectivity index (χ1) is 11.7. The fraction of sp³-hybridized carbons (Fsp3) is 0.278. The Morgan fingerprint density at radius 3 is 2.08 bits per heavy atom. The van der Waals surface area contributed by atoms with E-state index < -0.39 is 0 Å². The summed E-state index contributed by atoms with van der Waals surface area (Å²) in [5.74, 6) is 0.821. The van der Waals surface area contributed by atoms with Crippen molar-refractivity contribution in [2.75, 3.05) is 44.0 Å². The molecular formula is C18H21N3O3. The molecule has 1 saturated heterocycles. The Morgan fingerprint density at radius 1 is 0.958 bits per heavy atom. The predicted molar refractivity (Wildman–Crippen MR) is 94.1 cm³/mol. The lowest BCUT2D eigenvalue weighted by molar-refractivity contribution is 0.0564. The lowest BCUT2D eigenvalue weighted by atomic mass is 10.2. The second-order valence-corrected chi connectivity index (χ2v) is 5.46. The number of rotatable bonds is 4. The van der Waals surface area contributed by atoms with Crippen molar-refractivity contribution in [1.82, 2.24) is 4.90 Å². The highest BCUT2D eigenvalue weighted by Crippen LogP contribution is 2.21. The van der Waals surface area contributed by atoms with E-state index in [-0.39, 0.29) is 6.03 Å². The van der Waals surface area contributed by atoms with Gasteiger partial charge in [0.25, 0.3) is 0 Å². The number of amides is 2. The van der Waals surface area contributed by atoms with E-state index in [2.05, 4.69) is 10.6 Å². The van der Waals surface area contributed by atoms with Gasteiger partial charge in [-0.15, -0.1) is 0 Å². The van der Waals surface area contributed by atoms with Gasteiger partial charge in [-0.1, -0.05) is 0 Å². The molecule has 24 heavy (non-hydrogen) atoms. The van der Waals surface area contributed by atoms with Crippen LogP contribution in [0.3, 0.4) is 0 Å². The molecular weight excluding hydrogens is 306 g/mol. The zero-order chi connectivity index (χ0) is 16.8. The van der Waals surface area contributed by atoms with Gasteiger partial charge in [0.05, 0.1) is 20.3 Å². The van der Waals surface area contributed by atoms with Crippen molar-refractivity contribution in [2.24, 2.45) is 0 Å². The highest BCUT2D eigenvalue weighted by Gasteiger charge is 2.16. The summed E-state index contributed by atoms with van der Waals surface area (Å²) in [4.78, 5) is 13.9. The minimum Gasteiger partial charge on any atom is -0.497 e. The second kappa shape index (κ2) is 7.70. The number of urea groups is 1. The third-order valence-electron chi connectivity index (χ3n) is 3.81. The van der Waals surface area contributed by atoms with Crippen molar-refractivity contribution in [3.63, 3.8) is 0 Å². The number of morpholine rings is 1. The number of hydrogen-bond donors (Lipinski definition) is 2. The highest BCUT2D eigenvalue weighted by atomic mass is 16.5. The SMILES string of the molecule is COc1ccc(Nc2ccc(NC(=O)N3CCOCC3)cc2)cc1. The molecule has 2 amide bonds. The Kier molecular flexibility index (Phi) is 5.18. The molecule has 1 aliphatic rings. The molecule has 2 N–H and O–H groups in total. The molecule has 2 aromatic carbocycles. The molecule has 6 nitrogen and oxygen atoms in total. The van der Waals surface area contributed by atoms with Crippen LogP contribution < -0.4 is 15.4 Å². The molecule has 0 radical (unpaired) electrons. The minimum absolute atomic E-state index is 0.0887. The minimum atomic E-state index is -0.0887. The van der Waals surface area contributed by atoms with Gasteiger partial charge in [0.1, 0.15) is 5.75 Å². The molecule has 2 aromatic rings. The first-order valence-corrected chi connectivity index (χ1v) is 7.89. The maximum Gasteiger partial charge on any atom is 0.321 e. The summed E-state index contributed by atoms with van der Waals surface area (Å²) in [5, 5.41) is 6.21. The first-order valence-electron chi connectivity index (χ1n) is 7.89. The molecule has 1 aliphatic heterocycles. The van der Waals surface area contributed by atoms with E-state index in [9.17, 15) is 4.79 Å². The Bertz CT molecular complexity index is 665. The third-order valence-corrected chi connectivity index (χ3v) is 3.81. The van der Waals surface area contributed by atoms with Gasteiger partial charge in [0.2, 0.25) is 0 Å². The Hall–Kier alpha value is -2.73. The monoisotopic (exact) mass is 327 g/mol. The number of benzene rings is 2. The number of hydrogen-bond acceptors (Lipinski definition) is 4. The summed E-state index contributed by atoms with van der Waals surface area (Å²) < 4.78 is 10.4. The van der Waals surface area contributed by atoms with Crippen molar-refractivity contribution in [3.8, 4) is 5.75 Å². The number of ether oxygens (including phenoxy) is 2. The Morgan fingerprint density at radius 2 is 1.50 bits per heavy atom. The maximum absolute atomic E-state index is 12.1. The van der Waals surface area contributed by atoms with Gasteiger partial charge in [-0.2, -0.15) is 0 Å². The van der Waals surface area contributed by atoms with Crippen molar-refractivity contribution >= 4 is 23.1 Å². The van der Waals surface area contributed by atoms with Crippen molar-refractivity contribution in [2.45, 2.75) is 0 Å². The number of anilines is 3. The van der Waals surface area contributed by atoms with Crippen molar-refractivity contribution in [1.29, 1.82) is 0 Å². The number of methoxy groups -OCH3 is 1. The molecule has 0 bridgehead atoms. The topological polar surface area (TPSA) is 62.8 Å². The molecule has 3 rings (SSSR count). The molecule has 0 unspecified atom stereocenters. The molecule has 0 aliphatic carbocycles. The highest BCUT2D eigenvalue weighted by molar-refractivity contribution is 5.89.